The van der Waals surface area contributed by atoms with E-state index in [0.717, 1.165) is 6.42 Å². The molecule has 0 fully saturated rings. The Hall–Kier alpha value is -1.81. The number of nitro groups is 1. The quantitative estimate of drug-likeness (QED) is 0.600. The lowest BCUT2D eigenvalue weighted by Crippen LogP contribution is -2.44. The Kier molecular flexibility index (Phi) is 5.42. The summed E-state index contributed by atoms with van der Waals surface area (Å²) in [6.45, 7) is 5.19. The van der Waals surface area contributed by atoms with Gasteiger partial charge in [0, 0.05) is 42.2 Å². The predicted octanol–water partition coefficient (Wildman–Crippen LogP) is 2.94. The van der Waals surface area contributed by atoms with Crippen molar-refractivity contribution in [3.8, 4) is 0 Å². The van der Waals surface area contributed by atoms with Crippen LogP contribution < -0.4 is 4.72 Å². The monoisotopic (exact) mass is 395 g/mol. The third-order valence-corrected chi connectivity index (χ3v) is 7.37. The van der Waals surface area contributed by atoms with Crippen molar-refractivity contribution in [1.82, 2.24) is 9.62 Å². The standard InChI is InChI=1S/C17H21N3O4S2/c1-12-11-14-7-10-25-17(14)13(2)19(12)9-8-18-26(23,24)16-5-3-15(4-6-16)20(21)22/h3-7,10,12-13,18H,8-9,11H2,1-2H3/t12-,13+/m1/s1. The summed E-state index contributed by atoms with van der Waals surface area (Å²) in [5, 5.41) is 12.8. The Morgan fingerprint density at radius 3 is 2.62 bits per heavy atom. The average molecular weight is 396 g/mol. The Labute approximate surface area is 156 Å². The lowest BCUT2D eigenvalue weighted by Gasteiger charge is -2.38. The summed E-state index contributed by atoms with van der Waals surface area (Å²) in [6, 6.07) is 7.67. The summed E-state index contributed by atoms with van der Waals surface area (Å²) in [5.41, 5.74) is 1.25. The van der Waals surface area contributed by atoms with Crippen LogP contribution in [0.15, 0.2) is 40.6 Å². The molecule has 3 rings (SSSR count). The van der Waals surface area contributed by atoms with Gasteiger partial charge in [-0.2, -0.15) is 0 Å². The van der Waals surface area contributed by atoms with Crippen LogP contribution in [-0.4, -0.2) is 37.4 Å². The van der Waals surface area contributed by atoms with Crippen molar-refractivity contribution in [2.45, 2.75) is 37.2 Å². The first-order valence-corrected chi connectivity index (χ1v) is 10.7. The molecule has 2 aromatic rings. The number of nitrogens with one attached hydrogen (secondary N) is 1. The Bertz CT molecular complexity index is 893. The van der Waals surface area contributed by atoms with Crippen molar-refractivity contribution in [2.75, 3.05) is 13.1 Å². The molecule has 26 heavy (non-hydrogen) atoms. The van der Waals surface area contributed by atoms with Crippen LogP contribution in [0.4, 0.5) is 5.69 Å². The zero-order chi connectivity index (χ0) is 18.9. The normalized spacial score (nSPS) is 20.7. The molecule has 0 unspecified atom stereocenters. The number of nitrogens with zero attached hydrogens (tertiary/aromatic N) is 2. The number of benzene rings is 1. The number of thiophene rings is 1. The molecule has 1 aromatic heterocycles. The van der Waals surface area contributed by atoms with Crippen LogP contribution in [0, 0.1) is 10.1 Å². The summed E-state index contributed by atoms with van der Waals surface area (Å²) < 4.78 is 27.3. The molecule has 1 aliphatic rings. The second kappa shape index (κ2) is 7.43. The van der Waals surface area contributed by atoms with E-state index in [1.165, 1.54) is 34.7 Å². The third kappa shape index (κ3) is 3.80. The van der Waals surface area contributed by atoms with E-state index < -0.39 is 14.9 Å². The number of rotatable bonds is 6. The second-order valence-electron chi connectivity index (χ2n) is 6.43. The molecule has 140 valence electrons. The lowest BCUT2D eigenvalue weighted by molar-refractivity contribution is -0.384. The Morgan fingerprint density at radius 2 is 1.96 bits per heavy atom. The predicted molar refractivity (Wildman–Crippen MR) is 101 cm³/mol. The SMILES string of the molecule is C[C@@H]1Cc2ccsc2[C@H](C)N1CCNS(=O)(=O)c1ccc([N+](=O)[O-])cc1. The van der Waals surface area contributed by atoms with Crippen LogP contribution in [-0.2, 0) is 16.4 Å². The largest absolute Gasteiger partial charge is 0.291 e. The van der Waals surface area contributed by atoms with E-state index in [0.29, 0.717) is 12.6 Å². The summed E-state index contributed by atoms with van der Waals surface area (Å²) >= 11 is 1.74. The van der Waals surface area contributed by atoms with Crippen LogP contribution in [0.2, 0.25) is 0 Å². The number of sulfonamides is 1. The van der Waals surface area contributed by atoms with Gasteiger partial charge in [-0.3, -0.25) is 15.0 Å². The molecule has 2 atom stereocenters. The first kappa shape index (κ1) is 19.0. The Morgan fingerprint density at radius 1 is 1.27 bits per heavy atom. The molecule has 2 heterocycles. The highest BCUT2D eigenvalue weighted by atomic mass is 32.2. The van der Waals surface area contributed by atoms with Gasteiger partial charge in [0.1, 0.15) is 0 Å². The molecule has 0 bridgehead atoms. The zero-order valence-electron chi connectivity index (χ0n) is 14.6. The maximum absolute atomic E-state index is 12.4. The zero-order valence-corrected chi connectivity index (χ0v) is 16.2. The van der Waals surface area contributed by atoms with Crippen LogP contribution >= 0.6 is 11.3 Å². The maximum atomic E-state index is 12.4. The fourth-order valence-electron chi connectivity index (χ4n) is 3.40. The van der Waals surface area contributed by atoms with Gasteiger partial charge in [-0.15, -0.1) is 11.3 Å². The molecule has 0 radical (unpaired) electrons. The highest BCUT2D eigenvalue weighted by Gasteiger charge is 2.30. The molecule has 0 amide bonds. The average Bonchev–Trinajstić information content (AvgIpc) is 3.06. The minimum absolute atomic E-state index is 0.0309. The highest BCUT2D eigenvalue weighted by molar-refractivity contribution is 7.89. The van der Waals surface area contributed by atoms with E-state index in [4.69, 9.17) is 0 Å². The number of fused-ring (bicyclic) bond motifs is 1. The van der Waals surface area contributed by atoms with Gasteiger partial charge in [-0.1, -0.05) is 0 Å². The molecule has 0 aliphatic carbocycles. The summed E-state index contributed by atoms with van der Waals surface area (Å²) in [5.74, 6) is 0. The fraction of sp³-hybridized carbons (Fsp3) is 0.412. The summed E-state index contributed by atoms with van der Waals surface area (Å²) in [4.78, 5) is 13.8. The third-order valence-electron chi connectivity index (χ3n) is 4.76. The van der Waals surface area contributed by atoms with Crippen LogP contribution in [0.5, 0.6) is 0 Å². The van der Waals surface area contributed by atoms with Crippen LogP contribution in [0.25, 0.3) is 0 Å². The molecule has 1 N–H and O–H groups in total. The molecule has 1 aliphatic heterocycles. The number of hydrogen-bond acceptors (Lipinski definition) is 6. The summed E-state index contributed by atoms with van der Waals surface area (Å²) in [6.07, 6.45) is 0.971. The first-order chi connectivity index (χ1) is 12.3. The van der Waals surface area contributed by atoms with Crippen LogP contribution in [0.1, 0.15) is 30.3 Å². The van der Waals surface area contributed by atoms with E-state index in [1.54, 1.807) is 11.3 Å². The van der Waals surface area contributed by atoms with Gasteiger partial charge >= 0.3 is 0 Å². The van der Waals surface area contributed by atoms with Gasteiger partial charge in [-0.05, 0) is 49.4 Å². The number of non-ortho nitro benzene ring substituents is 1. The van der Waals surface area contributed by atoms with Gasteiger partial charge in [0.2, 0.25) is 10.0 Å². The molecular weight excluding hydrogens is 374 g/mol. The summed E-state index contributed by atoms with van der Waals surface area (Å²) in [7, 11) is -3.68. The fourth-order valence-corrected chi connectivity index (χ4v) is 5.44. The maximum Gasteiger partial charge on any atom is 0.269 e. The molecule has 1 aromatic carbocycles. The Balaban J connectivity index is 1.62. The molecule has 9 heteroatoms. The van der Waals surface area contributed by atoms with Crippen molar-refractivity contribution >= 4 is 27.0 Å². The minimum Gasteiger partial charge on any atom is -0.291 e. The van der Waals surface area contributed by atoms with Crippen molar-refractivity contribution < 1.29 is 13.3 Å². The van der Waals surface area contributed by atoms with Crippen molar-refractivity contribution in [3.05, 3.63) is 56.3 Å². The topological polar surface area (TPSA) is 92.6 Å². The van der Waals surface area contributed by atoms with Crippen molar-refractivity contribution in [3.63, 3.8) is 0 Å². The van der Waals surface area contributed by atoms with E-state index in [2.05, 4.69) is 34.9 Å². The highest BCUT2D eigenvalue weighted by Crippen LogP contribution is 2.35. The molecule has 0 spiro atoms. The first-order valence-electron chi connectivity index (χ1n) is 8.35. The van der Waals surface area contributed by atoms with Crippen molar-refractivity contribution in [2.24, 2.45) is 0 Å². The van der Waals surface area contributed by atoms with Gasteiger partial charge in [0.05, 0.1) is 9.82 Å². The van der Waals surface area contributed by atoms with Crippen molar-refractivity contribution in [1.29, 1.82) is 0 Å². The lowest BCUT2D eigenvalue weighted by atomic mass is 9.97. The smallest absolute Gasteiger partial charge is 0.269 e. The van der Waals surface area contributed by atoms with Gasteiger partial charge < -0.3 is 0 Å². The number of nitro benzene ring substituents is 1. The number of hydrogen-bond donors (Lipinski definition) is 1. The molecule has 0 saturated carbocycles. The minimum atomic E-state index is -3.68. The molecule has 7 nitrogen and oxygen atoms in total. The van der Waals surface area contributed by atoms with E-state index in [1.807, 2.05) is 0 Å². The van der Waals surface area contributed by atoms with E-state index in [-0.39, 0.29) is 23.2 Å². The van der Waals surface area contributed by atoms with E-state index >= 15 is 0 Å². The van der Waals surface area contributed by atoms with Gasteiger partial charge in [0.25, 0.3) is 5.69 Å². The van der Waals surface area contributed by atoms with E-state index in [9.17, 15) is 18.5 Å². The van der Waals surface area contributed by atoms with Crippen LogP contribution in [0.3, 0.4) is 0 Å². The second-order valence-corrected chi connectivity index (χ2v) is 9.14. The molecule has 0 saturated heterocycles. The van der Waals surface area contributed by atoms with Gasteiger partial charge in [-0.25, -0.2) is 13.1 Å². The van der Waals surface area contributed by atoms with Gasteiger partial charge in [0.15, 0.2) is 0 Å². The molecular formula is C17H21N3O4S2.